The van der Waals surface area contributed by atoms with Crippen molar-refractivity contribution in [2.24, 2.45) is 0 Å². The van der Waals surface area contributed by atoms with Crippen LogP contribution in [0.4, 0.5) is 0 Å². The number of hydrogen-bond acceptors (Lipinski definition) is 3. The lowest BCUT2D eigenvalue weighted by Gasteiger charge is -2.36. The van der Waals surface area contributed by atoms with Crippen molar-refractivity contribution in [1.29, 1.82) is 0 Å². The highest BCUT2D eigenvalue weighted by atomic mass is 16.3. The van der Waals surface area contributed by atoms with Crippen LogP contribution in [0.25, 0.3) is 0 Å². The van der Waals surface area contributed by atoms with Gasteiger partial charge in [0.1, 0.15) is 0 Å². The summed E-state index contributed by atoms with van der Waals surface area (Å²) in [6, 6.07) is 1.10. The molecule has 1 fully saturated rings. The highest BCUT2D eigenvalue weighted by Crippen LogP contribution is 2.04. The predicted molar refractivity (Wildman–Crippen MR) is 50.2 cm³/mol. The first-order chi connectivity index (χ1) is 5.58. The number of hydrogen-bond donors (Lipinski definition) is 2. The molecule has 0 aliphatic carbocycles. The molecule has 0 aromatic carbocycles. The fourth-order valence-corrected chi connectivity index (χ4v) is 1.96. The van der Waals surface area contributed by atoms with Crippen molar-refractivity contribution in [3.63, 3.8) is 0 Å². The molecule has 3 nitrogen and oxygen atoms in total. The monoisotopic (exact) mass is 172 g/mol. The average Bonchev–Trinajstić information content (AvgIpc) is 1.81. The Morgan fingerprint density at radius 3 is 2.33 bits per heavy atom. The van der Waals surface area contributed by atoms with Gasteiger partial charge in [0, 0.05) is 31.7 Å². The topological polar surface area (TPSA) is 35.5 Å². The molecule has 1 aliphatic rings. The van der Waals surface area contributed by atoms with Crippen molar-refractivity contribution in [3.8, 4) is 0 Å². The molecule has 1 rings (SSSR count). The van der Waals surface area contributed by atoms with E-state index in [2.05, 4.69) is 24.1 Å². The van der Waals surface area contributed by atoms with Crippen LogP contribution in [-0.2, 0) is 0 Å². The summed E-state index contributed by atoms with van der Waals surface area (Å²) in [6.45, 7) is 9.12. The van der Waals surface area contributed by atoms with Gasteiger partial charge in [0.2, 0.25) is 0 Å². The van der Waals surface area contributed by atoms with Gasteiger partial charge in [-0.2, -0.15) is 0 Å². The number of rotatable bonds is 2. The van der Waals surface area contributed by atoms with Crippen LogP contribution in [0.15, 0.2) is 0 Å². The lowest BCUT2D eigenvalue weighted by atomic mass is 10.1. The molecule has 3 atom stereocenters. The molecule has 0 radical (unpaired) electrons. The van der Waals surface area contributed by atoms with Crippen LogP contribution in [-0.4, -0.2) is 47.8 Å². The van der Waals surface area contributed by atoms with Gasteiger partial charge in [0.25, 0.3) is 0 Å². The Labute approximate surface area is 74.8 Å². The van der Waals surface area contributed by atoms with E-state index in [4.69, 9.17) is 0 Å². The molecule has 0 saturated carbocycles. The van der Waals surface area contributed by atoms with Crippen LogP contribution in [0, 0.1) is 0 Å². The second-order valence-corrected chi connectivity index (χ2v) is 4.04. The van der Waals surface area contributed by atoms with Gasteiger partial charge in [-0.1, -0.05) is 0 Å². The maximum absolute atomic E-state index is 9.22. The molecule has 1 aliphatic heterocycles. The predicted octanol–water partition coefficient (Wildman–Crippen LogP) is 0.0494. The maximum atomic E-state index is 9.22. The van der Waals surface area contributed by atoms with Crippen LogP contribution in [0.3, 0.4) is 0 Å². The third-order valence-electron chi connectivity index (χ3n) is 2.16. The molecule has 12 heavy (non-hydrogen) atoms. The quantitative estimate of drug-likeness (QED) is 0.618. The first-order valence-electron chi connectivity index (χ1n) is 4.74. The van der Waals surface area contributed by atoms with Gasteiger partial charge in [-0.3, -0.25) is 4.90 Å². The Morgan fingerprint density at radius 2 is 1.92 bits per heavy atom. The molecular weight excluding hydrogens is 152 g/mol. The molecule has 72 valence electrons. The Balaban J connectivity index is 2.34. The summed E-state index contributed by atoms with van der Waals surface area (Å²) in [5.74, 6) is 0. The Kier molecular flexibility index (Phi) is 3.50. The van der Waals surface area contributed by atoms with Gasteiger partial charge in [0.15, 0.2) is 0 Å². The summed E-state index contributed by atoms with van der Waals surface area (Å²) in [5, 5.41) is 12.7. The van der Waals surface area contributed by atoms with Crippen molar-refractivity contribution in [2.45, 2.75) is 39.0 Å². The van der Waals surface area contributed by atoms with Crippen molar-refractivity contribution in [2.75, 3.05) is 19.6 Å². The highest BCUT2D eigenvalue weighted by molar-refractivity contribution is 4.81. The second kappa shape index (κ2) is 4.21. The maximum Gasteiger partial charge on any atom is 0.0639 e. The molecule has 2 N–H and O–H groups in total. The summed E-state index contributed by atoms with van der Waals surface area (Å²) in [4.78, 5) is 2.32. The van der Waals surface area contributed by atoms with E-state index in [1.165, 1.54) is 0 Å². The van der Waals surface area contributed by atoms with E-state index in [0.717, 1.165) is 19.6 Å². The Bertz CT molecular complexity index is 126. The van der Waals surface area contributed by atoms with Gasteiger partial charge >= 0.3 is 0 Å². The summed E-state index contributed by atoms with van der Waals surface area (Å²) in [7, 11) is 0. The van der Waals surface area contributed by atoms with Crippen LogP contribution < -0.4 is 5.32 Å². The molecule has 1 saturated heterocycles. The van der Waals surface area contributed by atoms with Gasteiger partial charge in [0.05, 0.1) is 6.10 Å². The minimum atomic E-state index is -0.206. The van der Waals surface area contributed by atoms with Crippen molar-refractivity contribution < 1.29 is 5.11 Å². The first kappa shape index (κ1) is 9.96. The zero-order valence-electron chi connectivity index (χ0n) is 8.25. The zero-order valence-corrected chi connectivity index (χ0v) is 8.25. The minimum absolute atomic E-state index is 0.206. The minimum Gasteiger partial charge on any atom is -0.392 e. The van der Waals surface area contributed by atoms with Crippen molar-refractivity contribution in [1.82, 2.24) is 10.2 Å². The van der Waals surface area contributed by atoms with Gasteiger partial charge in [-0.15, -0.1) is 0 Å². The van der Waals surface area contributed by atoms with Crippen LogP contribution in [0.1, 0.15) is 20.8 Å². The van der Waals surface area contributed by atoms with E-state index in [-0.39, 0.29) is 6.10 Å². The van der Waals surface area contributed by atoms with Crippen LogP contribution in [0.2, 0.25) is 0 Å². The molecule has 0 spiro atoms. The van der Waals surface area contributed by atoms with Gasteiger partial charge in [-0.05, 0) is 20.8 Å². The average molecular weight is 172 g/mol. The molecule has 1 heterocycles. The fraction of sp³-hybridized carbons (Fsp3) is 1.00. The number of nitrogens with zero attached hydrogens (tertiary/aromatic N) is 1. The molecule has 0 amide bonds. The summed E-state index contributed by atoms with van der Waals surface area (Å²) < 4.78 is 0. The third kappa shape index (κ3) is 3.09. The van der Waals surface area contributed by atoms with E-state index in [9.17, 15) is 5.11 Å². The van der Waals surface area contributed by atoms with E-state index < -0.39 is 0 Å². The molecule has 0 aromatic heterocycles. The summed E-state index contributed by atoms with van der Waals surface area (Å²) in [5.41, 5.74) is 0. The van der Waals surface area contributed by atoms with Gasteiger partial charge < -0.3 is 10.4 Å². The first-order valence-corrected chi connectivity index (χ1v) is 4.74. The number of piperazine rings is 1. The lowest BCUT2D eigenvalue weighted by molar-refractivity contribution is 0.0951. The molecular formula is C9H20N2O. The summed E-state index contributed by atoms with van der Waals surface area (Å²) in [6.07, 6.45) is -0.206. The summed E-state index contributed by atoms with van der Waals surface area (Å²) >= 11 is 0. The number of aliphatic hydroxyl groups excluding tert-OH is 1. The third-order valence-corrected chi connectivity index (χ3v) is 2.16. The molecule has 2 unspecified atom stereocenters. The van der Waals surface area contributed by atoms with Crippen molar-refractivity contribution in [3.05, 3.63) is 0 Å². The molecule has 0 bridgehead atoms. The SMILES string of the molecule is CC1CN(C[C@H](C)O)CC(C)N1. The van der Waals surface area contributed by atoms with Gasteiger partial charge in [-0.25, -0.2) is 0 Å². The fourth-order valence-electron chi connectivity index (χ4n) is 1.96. The second-order valence-electron chi connectivity index (χ2n) is 4.04. The smallest absolute Gasteiger partial charge is 0.0639 e. The zero-order chi connectivity index (χ0) is 9.14. The molecule has 0 aromatic rings. The number of β-amino-alcohol motifs (C(OH)–C–C–N with tert-alkyl or cyclic N) is 1. The highest BCUT2D eigenvalue weighted by Gasteiger charge is 2.21. The standard InChI is InChI=1S/C9H20N2O/c1-7-4-11(6-9(3)12)5-8(2)10-7/h7-10,12H,4-6H2,1-3H3/t7?,8?,9-/m0/s1. The van der Waals surface area contributed by atoms with Crippen molar-refractivity contribution >= 4 is 0 Å². The normalized spacial score (nSPS) is 35.0. The van der Waals surface area contributed by atoms with E-state index in [1.807, 2.05) is 6.92 Å². The largest absolute Gasteiger partial charge is 0.392 e. The number of nitrogens with one attached hydrogen (secondary N) is 1. The number of aliphatic hydroxyl groups is 1. The van der Waals surface area contributed by atoms with E-state index in [0.29, 0.717) is 12.1 Å². The van der Waals surface area contributed by atoms with E-state index in [1.54, 1.807) is 0 Å². The van der Waals surface area contributed by atoms with Crippen LogP contribution >= 0.6 is 0 Å². The van der Waals surface area contributed by atoms with E-state index >= 15 is 0 Å². The Hall–Kier alpha value is -0.120. The van der Waals surface area contributed by atoms with Crippen LogP contribution in [0.5, 0.6) is 0 Å². The molecule has 3 heteroatoms. The Morgan fingerprint density at radius 1 is 1.42 bits per heavy atom. The lowest BCUT2D eigenvalue weighted by Crippen LogP contribution is -2.55.